The van der Waals surface area contributed by atoms with E-state index in [0.717, 1.165) is 31.7 Å². The molecule has 1 fully saturated rings. The van der Waals surface area contributed by atoms with Gasteiger partial charge in [-0.05, 0) is 72.0 Å². The minimum Gasteiger partial charge on any atom is -0.371 e. The van der Waals surface area contributed by atoms with E-state index in [2.05, 4.69) is 95.1 Å². The predicted octanol–water partition coefficient (Wildman–Crippen LogP) is 6.71. The average molecular weight is 478 g/mol. The predicted molar refractivity (Wildman–Crippen MR) is 146 cm³/mol. The van der Waals surface area contributed by atoms with Crippen LogP contribution in [-0.2, 0) is 0 Å². The maximum Gasteiger partial charge on any atom is 0.316 e. The number of carbonyl (C=O) groups is 1. The summed E-state index contributed by atoms with van der Waals surface area (Å²) in [6.07, 6.45) is 1.06. The van der Waals surface area contributed by atoms with Crippen LogP contribution >= 0.6 is 0 Å². The van der Waals surface area contributed by atoms with E-state index in [1.54, 1.807) is 12.1 Å². The van der Waals surface area contributed by atoms with Crippen molar-refractivity contribution in [2.24, 2.45) is 11.1 Å². The molecule has 36 heavy (non-hydrogen) atoms. The van der Waals surface area contributed by atoms with Gasteiger partial charge in [0.2, 0.25) is 0 Å². The highest BCUT2D eigenvalue weighted by atomic mass is 16.3. The first-order valence-corrected chi connectivity index (χ1v) is 12.6. The number of piperidine rings is 1. The lowest BCUT2D eigenvalue weighted by Gasteiger charge is -2.41. The van der Waals surface area contributed by atoms with Crippen LogP contribution in [-0.4, -0.2) is 25.5 Å². The zero-order valence-corrected chi connectivity index (χ0v) is 20.5. The van der Waals surface area contributed by atoms with Crippen molar-refractivity contribution in [3.05, 3.63) is 119 Å². The molecule has 4 aromatic rings. The number of anilines is 1. The lowest BCUT2D eigenvalue weighted by Crippen LogP contribution is -2.43. The Labute approximate surface area is 212 Å². The molecule has 5 nitrogen and oxygen atoms in total. The second-order valence-corrected chi connectivity index (χ2v) is 9.65. The molecule has 5 rings (SSSR count). The second kappa shape index (κ2) is 10.8. The summed E-state index contributed by atoms with van der Waals surface area (Å²) in [6, 6.07) is 33.3. The number of amides is 1. The van der Waals surface area contributed by atoms with Crippen molar-refractivity contribution in [2.75, 3.05) is 24.5 Å². The van der Waals surface area contributed by atoms with Crippen LogP contribution in [0.4, 0.5) is 5.69 Å². The molecule has 5 heteroatoms. The number of hydrogen-bond donors (Lipinski definition) is 1. The van der Waals surface area contributed by atoms with Crippen LogP contribution in [0.1, 0.15) is 46.8 Å². The Morgan fingerprint density at radius 1 is 0.944 bits per heavy atom. The van der Waals surface area contributed by atoms with Crippen molar-refractivity contribution in [1.82, 2.24) is 5.32 Å². The largest absolute Gasteiger partial charge is 0.371 e. The molecule has 2 unspecified atom stereocenters. The molecule has 1 amide bonds. The van der Waals surface area contributed by atoms with E-state index in [9.17, 15) is 9.70 Å². The summed E-state index contributed by atoms with van der Waals surface area (Å²) < 4.78 is 0. The summed E-state index contributed by atoms with van der Waals surface area (Å²) >= 11 is 0. The third-order valence-electron chi connectivity index (χ3n) is 7.52. The van der Waals surface area contributed by atoms with E-state index in [1.807, 2.05) is 12.1 Å². The highest BCUT2D eigenvalue weighted by Gasteiger charge is 2.31. The Balaban J connectivity index is 1.32. The third-order valence-corrected chi connectivity index (χ3v) is 7.52. The van der Waals surface area contributed by atoms with Crippen LogP contribution in [0.2, 0.25) is 0 Å². The van der Waals surface area contributed by atoms with Crippen molar-refractivity contribution in [3.8, 4) is 0 Å². The first-order chi connectivity index (χ1) is 17.6. The number of hydrogen-bond acceptors (Lipinski definition) is 4. The number of rotatable bonds is 7. The molecule has 182 valence electrons. The van der Waals surface area contributed by atoms with Crippen molar-refractivity contribution < 1.29 is 4.79 Å². The van der Waals surface area contributed by atoms with Crippen molar-refractivity contribution in [1.29, 1.82) is 0 Å². The number of nitroso groups, excluding NO2 is 1. The molecule has 1 aliphatic rings. The lowest BCUT2D eigenvalue weighted by atomic mass is 9.80. The molecule has 4 aromatic carbocycles. The molecule has 1 aliphatic heterocycles. The molecule has 0 spiro atoms. The Bertz CT molecular complexity index is 1330. The van der Waals surface area contributed by atoms with Gasteiger partial charge in [0.05, 0.1) is 0 Å². The number of carbonyl (C=O) groups excluding carboxylic acids is 1. The fraction of sp³-hybridized carbons (Fsp3) is 0.258. The third kappa shape index (κ3) is 5.07. The van der Waals surface area contributed by atoms with Gasteiger partial charge >= 0.3 is 5.91 Å². The Hall–Kier alpha value is -3.83. The Morgan fingerprint density at radius 3 is 2.44 bits per heavy atom. The molecule has 0 bridgehead atoms. The van der Waals surface area contributed by atoms with E-state index in [1.165, 1.54) is 21.9 Å². The molecule has 0 saturated carbocycles. The standard InChI is InChI=1S/C31H31N3O2/c1-22(28-13-7-11-23-10-5-6-12-29(23)28)32-20-26-18-19-34(21-30(26)24-8-3-2-4-9-24)27-16-14-25(15-17-27)31(35)33-36/h2-17,22,26,30,32H,18-21H2,1H3/t22-,26?,30?/m1/s1. The van der Waals surface area contributed by atoms with Crippen LogP contribution in [0.3, 0.4) is 0 Å². The van der Waals surface area contributed by atoms with E-state index in [-0.39, 0.29) is 6.04 Å². The maximum atomic E-state index is 11.6. The van der Waals surface area contributed by atoms with Gasteiger partial charge in [0.25, 0.3) is 0 Å². The molecular formula is C31H31N3O2. The summed E-state index contributed by atoms with van der Waals surface area (Å²) in [5.74, 6) is 0.153. The first-order valence-electron chi connectivity index (χ1n) is 12.6. The van der Waals surface area contributed by atoms with Gasteiger partial charge in [0, 0.05) is 41.5 Å². The SMILES string of the molecule is C[C@@H](NCC1CCN(c2ccc(C(=O)N=O)cc2)CC1c1ccccc1)c1cccc2ccccc12. The van der Waals surface area contributed by atoms with E-state index < -0.39 is 5.91 Å². The Morgan fingerprint density at radius 2 is 1.67 bits per heavy atom. The van der Waals surface area contributed by atoms with E-state index in [0.29, 0.717) is 17.4 Å². The number of benzene rings is 4. The van der Waals surface area contributed by atoms with Crippen LogP contribution in [0.25, 0.3) is 10.8 Å². The van der Waals surface area contributed by atoms with Crippen LogP contribution in [0.5, 0.6) is 0 Å². The first kappa shape index (κ1) is 23.9. The summed E-state index contributed by atoms with van der Waals surface area (Å²) in [4.78, 5) is 24.5. The van der Waals surface area contributed by atoms with Crippen LogP contribution in [0.15, 0.2) is 102 Å². The highest BCUT2D eigenvalue weighted by molar-refractivity contribution is 5.95. The fourth-order valence-corrected chi connectivity index (χ4v) is 5.49. The summed E-state index contributed by atoms with van der Waals surface area (Å²) in [6.45, 7) is 5.04. The second-order valence-electron chi connectivity index (χ2n) is 9.65. The molecule has 0 radical (unpaired) electrons. The summed E-state index contributed by atoms with van der Waals surface area (Å²) in [5.41, 5.74) is 4.08. The summed E-state index contributed by atoms with van der Waals surface area (Å²) in [5, 5.41) is 8.95. The number of fused-ring (bicyclic) bond motifs is 1. The van der Waals surface area contributed by atoms with Crippen LogP contribution < -0.4 is 10.2 Å². The van der Waals surface area contributed by atoms with Gasteiger partial charge in [-0.3, -0.25) is 4.79 Å². The normalized spacial score (nSPS) is 18.6. The number of nitrogens with one attached hydrogen (secondary N) is 1. The minimum atomic E-state index is -0.728. The van der Waals surface area contributed by atoms with E-state index in [4.69, 9.17) is 0 Å². The van der Waals surface area contributed by atoms with Crippen LogP contribution in [0, 0.1) is 10.8 Å². The van der Waals surface area contributed by atoms with Gasteiger partial charge in [0.15, 0.2) is 0 Å². The molecule has 0 aliphatic carbocycles. The number of nitrogens with zero attached hydrogens (tertiary/aromatic N) is 2. The topological polar surface area (TPSA) is 61.8 Å². The van der Waals surface area contributed by atoms with E-state index >= 15 is 0 Å². The average Bonchev–Trinajstić information content (AvgIpc) is 2.95. The van der Waals surface area contributed by atoms with Crippen molar-refractivity contribution in [3.63, 3.8) is 0 Å². The summed E-state index contributed by atoms with van der Waals surface area (Å²) in [7, 11) is 0. The van der Waals surface area contributed by atoms with Gasteiger partial charge in [0.1, 0.15) is 0 Å². The maximum absolute atomic E-state index is 11.6. The zero-order chi connectivity index (χ0) is 24.9. The van der Waals surface area contributed by atoms with Gasteiger partial charge in [-0.2, -0.15) is 0 Å². The molecule has 1 heterocycles. The smallest absolute Gasteiger partial charge is 0.316 e. The van der Waals surface area contributed by atoms with Crippen molar-refractivity contribution in [2.45, 2.75) is 25.3 Å². The van der Waals surface area contributed by atoms with Gasteiger partial charge in [-0.1, -0.05) is 72.8 Å². The van der Waals surface area contributed by atoms with Gasteiger partial charge in [-0.15, -0.1) is 4.91 Å². The monoisotopic (exact) mass is 477 g/mol. The molecule has 0 aromatic heterocycles. The van der Waals surface area contributed by atoms with Crippen molar-refractivity contribution >= 4 is 22.4 Å². The fourth-order valence-electron chi connectivity index (χ4n) is 5.49. The molecule has 1 N–H and O–H groups in total. The highest BCUT2D eigenvalue weighted by Crippen LogP contribution is 2.35. The van der Waals surface area contributed by atoms with Gasteiger partial charge < -0.3 is 10.2 Å². The Kier molecular flexibility index (Phi) is 7.19. The molecular weight excluding hydrogens is 446 g/mol. The molecule has 1 saturated heterocycles. The van der Waals surface area contributed by atoms with Gasteiger partial charge in [-0.25, -0.2) is 0 Å². The quantitative estimate of drug-likeness (QED) is 0.301. The molecule has 3 atom stereocenters. The zero-order valence-electron chi connectivity index (χ0n) is 20.5. The minimum absolute atomic E-state index is 0.252. The lowest BCUT2D eigenvalue weighted by molar-refractivity contribution is 0.100.